The van der Waals surface area contributed by atoms with Crippen LogP contribution in [-0.4, -0.2) is 20.3 Å². The number of aryl methyl sites for hydroxylation is 1. The van der Waals surface area contributed by atoms with Crippen molar-refractivity contribution in [1.82, 2.24) is 0 Å². The minimum atomic E-state index is -4.04. The van der Waals surface area contributed by atoms with Crippen molar-refractivity contribution in [3.63, 3.8) is 0 Å². The van der Waals surface area contributed by atoms with Gasteiger partial charge in [-0.2, -0.15) is 8.78 Å². The van der Waals surface area contributed by atoms with Gasteiger partial charge in [-0.1, -0.05) is 42.3 Å². The van der Waals surface area contributed by atoms with Crippen LogP contribution in [-0.2, 0) is 10.8 Å². The van der Waals surface area contributed by atoms with Crippen molar-refractivity contribution in [1.29, 1.82) is 0 Å². The summed E-state index contributed by atoms with van der Waals surface area (Å²) in [5, 5.41) is 0. The second kappa shape index (κ2) is 11.9. The predicted molar refractivity (Wildman–Crippen MR) is 123 cm³/mol. The SMILES string of the molecule is COCCCCCCOc1ccc(-c2ccc(C(F)(F)Oc3ccc(C)cc3)c(F)c2F)cc1. The van der Waals surface area contributed by atoms with Gasteiger partial charge < -0.3 is 14.2 Å². The average molecular weight is 477 g/mol. The fourth-order valence-corrected chi connectivity index (χ4v) is 3.43. The monoisotopic (exact) mass is 476 g/mol. The first-order valence-electron chi connectivity index (χ1n) is 11.2. The van der Waals surface area contributed by atoms with Gasteiger partial charge in [0.15, 0.2) is 11.6 Å². The van der Waals surface area contributed by atoms with E-state index in [9.17, 15) is 17.6 Å². The number of rotatable bonds is 12. The van der Waals surface area contributed by atoms with Crippen LogP contribution in [0.15, 0.2) is 60.7 Å². The molecule has 7 heteroatoms. The molecule has 182 valence electrons. The summed E-state index contributed by atoms with van der Waals surface area (Å²) in [5.41, 5.74) is -0.0962. The first-order chi connectivity index (χ1) is 16.3. The number of benzene rings is 3. The largest absolute Gasteiger partial charge is 0.494 e. The number of unbranched alkanes of at least 4 members (excludes halogenated alkanes) is 3. The Bertz CT molecular complexity index is 1050. The number of hydrogen-bond acceptors (Lipinski definition) is 3. The Labute approximate surface area is 197 Å². The van der Waals surface area contributed by atoms with Gasteiger partial charge in [-0.3, -0.25) is 0 Å². The lowest BCUT2D eigenvalue weighted by Gasteiger charge is -2.20. The molecule has 0 aliphatic carbocycles. The maximum absolute atomic E-state index is 14.7. The predicted octanol–water partition coefficient (Wildman–Crippen LogP) is 7.65. The molecule has 0 fully saturated rings. The fraction of sp³-hybridized carbons (Fsp3) is 0.333. The highest BCUT2D eigenvalue weighted by atomic mass is 19.3. The molecule has 0 amide bonds. The summed E-state index contributed by atoms with van der Waals surface area (Å²) in [6.45, 7) is 3.08. The van der Waals surface area contributed by atoms with E-state index in [1.807, 2.05) is 0 Å². The lowest BCUT2D eigenvalue weighted by atomic mass is 10.0. The summed E-state index contributed by atoms with van der Waals surface area (Å²) in [4.78, 5) is 0. The third-order valence-electron chi connectivity index (χ3n) is 5.34. The smallest absolute Gasteiger partial charge is 0.429 e. The molecule has 0 bridgehead atoms. The van der Waals surface area contributed by atoms with Crippen molar-refractivity contribution in [2.45, 2.75) is 38.7 Å². The lowest BCUT2D eigenvalue weighted by Crippen LogP contribution is -2.24. The highest BCUT2D eigenvalue weighted by Crippen LogP contribution is 2.37. The van der Waals surface area contributed by atoms with Gasteiger partial charge in [0.05, 0.1) is 6.61 Å². The van der Waals surface area contributed by atoms with Crippen LogP contribution in [0, 0.1) is 18.6 Å². The normalized spacial score (nSPS) is 11.5. The van der Waals surface area contributed by atoms with Crippen molar-refractivity contribution in [3.8, 4) is 22.6 Å². The number of hydrogen-bond donors (Lipinski definition) is 0. The molecule has 0 saturated heterocycles. The molecule has 0 unspecified atom stereocenters. The van der Waals surface area contributed by atoms with E-state index in [4.69, 9.17) is 9.47 Å². The van der Waals surface area contributed by atoms with Crippen LogP contribution in [0.1, 0.15) is 36.8 Å². The zero-order chi connectivity index (χ0) is 24.6. The number of halogens is 4. The lowest BCUT2D eigenvalue weighted by molar-refractivity contribution is -0.187. The molecule has 0 atom stereocenters. The van der Waals surface area contributed by atoms with E-state index in [1.165, 1.54) is 12.1 Å². The van der Waals surface area contributed by atoms with E-state index in [-0.39, 0.29) is 11.3 Å². The highest BCUT2D eigenvalue weighted by Gasteiger charge is 2.39. The van der Waals surface area contributed by atoms with Crippen LogP contribution in [0.25, 0.3) is 11.1 Å². The molecule has 34 heavy (non-hydrogen) atoms. The summed E-state index contributed by atoms with van der Waals surface area (Å²) in [7, 11) is 1.68. The fourth-order valence-electron chi connectivity index (χ4n) is 3.43. The van der Waals surface area contributed by atoms with Crippen LogP contribution in [0.2, 0.25) is 0 Å². The summed E-state index contributed by atoms with van der Waals surface area (Å²) < 4.78 is 73.8. The topological polar surface area (TPSA) is 27.7 Å². The van der Waals surface area contributed by atoms with Crippen molar-refractivity contribution in [2.24, 2.45) is 0 Å². The van der Waals surface area contributed by atoms with Gasteiger partial charge in [-0.15, -0.1) is 0 Å². The molecule has 3 nitrogen and oxygen atoms in total. The molecule has 3 aromatic carbocycles. The van der Waals surface area contributed by atoms with Crippen molar-refractivity contribution in [3.05, 3.63) is 83.4 Å². The zero-order valence-corrected chi connectivity index (χ0v) is 19.3. The Hall–Kier alpha value is -3.06. The maximum Gasteiger partial charge on any atom is 0.429 e. The highest BCUT2D eigenvalue weighted by molar-refractivity contribution is 5.65. The number of ether oxygens (including phenoxy) is 3. The van der Waals surface area contributed by atoms with Crippen LogP contribution < -0.4 is 9.47 Å². The summed E-state index contributed by atoms with van der Waals surface area (Å²) in [5.74, 6) is -2.57. The van der Waals surface area contributed by atoms with Gasteiger partial charge in [0.1, 0.15) is 17.1 Å². The second-order valence-corrected chi connectivity index (χ2v) is 8.00. The van der Waals surface area contributed by atoms with E-state index in [0.29, 0.717) is 17.9 Å². The molecule has 0 heterocycles. The molecular weight excluding hydrogens is 448 g/mol. The third kappa shape index (κ3) is 6.73. The molecule has 0 radical (unpaired) electrons. The van der Waals surface area contributed by atoms with Crippen LogP contribution >= 0.6 is 0 Å². The minimum absolute atomic E-state index is 0.128. The van der Waals surface area contributed by atoms with Crippen molar-refractivity contribution < 1.29 is 31.8 Å². The molecule has 0 aliphatic rings. The minimum Gasteiger partial charge on any atom is -0.494 e. The molecule has 0 spiro atoms. The molecule has 0 N–H and O–H groups in total. The van der Waals surface area contributed by atoms with Crippen LogP contribution in [0.3, 0.4) is 0 Å². The first kappa shape index (κ1) is 25.6. The van der Waals surface area contributed by atoms with E-state index in [1.54, 1.807) is 50.4 Å². The van der Waals surface area contributed by atoms with Crippen LogP contribution in [0.4, 0.5) is 17.6 Å². The Morgan fingerprint density at radius 2 is 1.32 bits per heavy atom. The summed E-state index contributed by atoms with van der Waals surface area (Å²) >= 11 is 0. The maximum atomic E-state index is 14.7. The van der Waals surface area contributed by atoms with Gasteiger partial charge in [0.2, 0.25) is 0 Å². The summed E-state index contributed by atoms with van der Waals surface area (Å²) in [6.07, 6.45) is -0.0512. The molecule has 0 aromatic heterocycles. The van der Waals surface area contributed by atoms with Crippen molar-refractivity contribution in [2.75, 3.05) is 20.3 Å². The van der Waals surface area contributed by atoms with E-state index in [2.05, 4.69) is 4.74 Å². The van der Waals surface area contributed by atoms with Crippen molar-refractivity contribution >= 4 is 0 Å². The average Bonchev–Trinajstić information content (AvgIpc) is 2.82. The first-order valence-corrected chi connectivity index (χ1v) is 11.2. The van der Waals surface area contributed by atoms with E-state index < -0.39 is 23.3 Å². The third-order valence-corrected chi connectivity index (χ3v) is 5.34. The molecule has 0 aliphatic heterocycles. The number of methoxy groups -OCH3 is 1. The Morgan fingerprint density at radius 1 is 0.706 bits per heavy atom. The molecule has 3 aromatic rings. The van der Waals surface area contributed by atoms with E-state index >= 15 is 0 Å². The van der Waals surface area contributed by atoms with Gasteiger partial charge >= 0.3 is 6.11 Å². The van der Waals surface area contributed by atoms with Crippen LogP contribution in [0.5, 0.6) is 11.5 Å². The quantitative estimate of drug-likeness (QED) is 0.198. The standard InChI is InChI=1S/C27H28F4O3/c1-19-7-11-22(12-8-19)34-27(30,31)24-16-15-23(25(28)26(24)29)20-9-13-21(14-10-20)33-18-6-4-3-5-17-32-2/h7-16H,3-6,17-18H2,1-2H3. The Balaban J connectivity index is 1.65. The second-order valence-electron chi connectivity index (χ2n) is 8.00. The number of alkyl halides is 2. The van der Waals surface area contributed by atoms with Gasteiger partial charge in [-0.05, 0) is 62.1 Å². The van der Waals surface area contributed by atoms with Gasteiger partial charge in [0, 0.05) is 19.3 Å². The zero-order valence-electron chi connectivity index (χ0n) is 19.3. The molecule has 3 rings (SSSR count). The van der Waals surface area contributed by atoms with Gasteiger partial charge in [0.25, 0.3) is 0 Å². The Kier molecular flexibility index (Phi) is 8.93. The molecule has 0 saturated carbocycles. The summed E-state index contributed by atoms with van der Waals surface area (Å²) in [6, 6.07) is 14.2. The van der Waals surface area contributed by atoms with E-state index in [0.717, 1.165) is 50.0 Å². The Morgan fingerprint density at radius 3 is 1.97 bits per heavy atom. The van der Waals surface area contributed by atoms with Gasteiger partial charge in [-0.25, -0.2) is 8.78 Å². The molecular formula is C27H28F4O3.